The van der Waals surface area contributed by atoms with Crippen molar-refractivity contribution in [3.05, 3.63) is 59.6 Å². The lowest BCUT2D eigenvalue weighted by atomic mass is 10.0. The molecular formula is C18H19N5O2. The van der Waals surface area contributed by atoms with E-state index in [9.17, 15) is 4.79 Å². The Morgan fingerprint density at radius 1 is 1.32 bits per heavy atom. The number of nitrogens with two attached hydrogens (primary N) is 1. The summed E-state index contributed by atoms with van der Waals surface area (Å²) in [5.41, 5.74) is 3.59. The van der Waals surface area contributed by atoms with Gasteiger partial charge in [-0.15, -0.1) is 0 Å². The third kappa shape index (κ3) is 2.68. The van der Waals surface area contributed by atoms with E-state index in [1.807, 2.05) is 49.5 Å². The number of rotatable bonds is 3. The normalized spacial score (nSPS) is 19.2. The van der Waals surface area contributed by atoms with Crippen LogP contribution >= 0.6 is 0 Å². The van der Waals surface area contributed by atoms with Crippen LogP contribution in [-0.2, 0) is 11.3 Å². The number of ketones is 1. The van der Waals surface area contributed by atoms with Gasteiger partial charge < -0.3 is 21.2 Å². The van der Waals surface area contributed by atoms with Gasteiger partial charge in [-0.1, -0.05) is 18.2 Å². The SMILES string of the molecule is CC1=NC(c2c(Nc3ccccc3)c3c(n2N)COCC3=O)C=CN1. The summed E-state index contributed by atoms with van der Waals surface area (Å²) in [5.74, 6) is 7.05. The number of ether oxygens (including phenoxy) is 1. The van der Waals surface area contributed by atoms with E-state index in [0.29, 0.717) is 23.6 Å². The second kappa shape index (κ2) is 6.10. The van der Waals surface area contributed by atoms with E-state index < -0.39 is 0 Å². The lowest BCUT2D eigenvalue weighted by molar-refractivity contribution is 0.0653. The maximum Gasteiger partial charge on any atom is 0.192 e. The van der Waals surface area contributed by atoms with Crippen molar-refractivity contribution in [2.45, 2.75) is 19.6 Å². The van der Waals surface area contributed by atoms with Crippen molar-refractivity contribution < 1.29 is 9.53 Å². The fraction of sp³-hybridized carbons (Fsp3) is 0.222. The first-order valence-corrected chi connectivity index (χ1v) is 8.08. The van der Waals surface area contributed by atoms with Crippen LogP contribution in [0, 0.1) is 0 Å². The van der Waals surface area contributed by atoms with E-state index in [1.165, 1.54) is 4.68 Å². The summed E-state index contributed by atoms with van der Waals surface area (Å²) in [6.45, 7) is 2.25. The number of anilines is 2. The summed E-state index contributed by atoms with van der Waals surface area (Å²) in [4.78, 5) is 17.1. The van der Waals surface area contributed by atoms with Gasteiger partial charge in [0.15, 0.2) is 5.78 Å². The van der Waals surface area contributed by atoms with E-state index in [2.05, 4.69) is 15.6 Å². The molecule has 0 amide bonds. The van der Waals surface area contributed by atoms with E-state index in [-0.39, 0.29) is 18.4 Å². The van der Waals surface area contributed by atoms with Crippen LogP contribution < -0.4 is 16.5 Å². The minimum atomic E-state index is -0.282. The molecule has 3 heterocycles. The third-order valence-corrected chi connectivity index (χ3v) is 4.32. The molecule has 0 spiro atoms. The Kier molecular flexibility index (Phi) is 3.77. The average molecular weight is 337 g/mol. The van der Waals surface area contributed by atoms with Gasteiger partial charge in [0.05, 0.1) is 35.1 Å². The van der Waals surface area contributed by atoms with E-state index in [0.717, 1.165) is 17.2 Å². The van der Waals surface area contributed by atoms with Gasteiger partial charge in [0.1, 0.15) is 12.6 Å². The van der Waals surface area contributed by atoms with E-state index >= 15 is 0 Å². The van der Waals surface area contributed by atoms with Crippen LogP contribution in [0.3, 0.4) is 0 Å². The first-order chi connectivity index (χ1) is 12.1. The maximum atomic E-state index is 12.5. The number of amidine groups is 1. The molecule has 1 aromatic heterocycles. The Labute approximate surface area is 145 Å². The largest absolute Gasteiger partial charge is 0.367 e. The molecule has 1 atom stereocenters. The molecular weight excluding hydrogens is 318 g/mol. The number of carbonyl (C=O) groups is 1. The molecule has 2 aliphatic heterocycles. The quantitative estimate of drug-likeness (QED) is 0.747. The molecule has 2 aliphatic rings. The molecule has 1 unspecified atom stereocenters. The molecule has 4 rings (SSSR count). The molecule has 0 fully saturated rings. The standard InChI is InChI=1S/C18H19N5O2/c1-11-20-8-7-13(21-11)18-17(22-12-5-3-2-4-6-12)16-14(23(18)19)9-25-10-15(16)24/h2-8,13,22H,9-10,19H2,1H3,(H,20,21). The molecule has 7 nitrogen and oxygen atoms in total. The van der Waals surface area contributed by atoms with Crippen molar-refractivity contribution in [3.63, 3.8) is 0 Å². The monoisotopic (exact) mass is 337 g/mol. The van der Waals surface area contributed by atoms with Crippen LogP contribution in [0.2, 0.25) is 0 Å². The molecule has 0 bridgehead atoms. The molecule has 7 heteroatoms. The number of nitrogens with zero attached hydrogens (tertiary/aromatic N) is 2. The number of fused-ring (bicyclic) bond motifs is 1. The van der Waals surface area contributed by atoms with Gasteiger partial charge in [0.25, 0.3) is 0 Å². The van der Waals surface area contributed by atoms with Crippen molar-refractivity contribution >= 4 is 23.0 Å². The average Bonchev–Trinajstić information content (AvgIpc) is 2.89. The summed E-state index contributed by atoms with van der Waals surface area (Å²) in [6.07, 6.45) is 3.75. The van der Waals surface area contributed by atoms with Crippen molar-refractivity contribution in [2.24, 2.45) is 4.99 Å². The van der Waals surface area contributed by atoms with Gasteiger partial charge in [0, 0.05) is 11.9 Å². The fourth-order valence-corrected chi connectivity index (χ4v) is 3.20. The molecule has 2 aromatic rings. The molecule has 1 aromatic carbocycles. The number of nitrogen functional groups attached to an aromatic ring is 1. The number of nitrogens with one attached hydrogen (secondary N) is 2. The van der Waals surface area contributed by atoms with E-state index in [4.69, 9.17) is 10.6 Å². The van der Waals surface area contributed by atoms with Crippen LogP contribution in [0.4, 0.5) is 11.4 Å². The molecule has 25 heavy (non-hydrogen) atoms. The van der Waals surface area contributed by atoms with Crippen molar-refractivity contribution in [1.82, 2.24) is 9.99 Å². The molecule has 0 saturated carbocycles. The third-order valence-electron chi connectivity index (χ3n) is 4.32. The van der Waals surface area contributed by atoms with Crippen LogP contribution in [0.5, 0.6) is 0 Å². The summed E-state index contributed by atoms with van der Waals surface area (Å²) in [7, 11) is 0. The zero-order valence-electron chi connectivity index (χ0n) is 13.8. The highest BCUT2D eigenvalue weighted by atomic mass is 16.5. The number of aromatic nitrogens is 1. The predicted molar refractivity (Wildman–Crippen MR) is 96.4 cm³/mol. The van der Waals surface area contributed by atoms with Gasteiger partial charge in [0.2, 0.25) is 0 Å². The lowest BCUT2D eigenvalue weighted by Gasteiger charge is -2.18. The van der Waals surface area contributed by atoms with Crippen LogP contribution in [0.1, 0.15) is 34.7 Å². The highest BCUT2D eigenvalue weighted by Gasteiger charge is 2.32. The first kappa shape index (κ1) is 15.5. The number of carbonyl (C=O) groups excluding carboxylic acids is 1. The summed E-state index contributed by atoms with van der Waals surface area (Å²) < 4.78 is 6.91. The number of hydrogen-bond donors (Lipinski definition) is 3. The highest BCUT2D eigenvalue weighted by molar-refractivity contribution is 6.05. The molecule has 4 N–H and O–H groups in total. The van der Waals surface area contributed by atoms with Crippen LogP contribution in [0.15, 0.2) is 47.6 Å². The van der Waals surface area contributed by atoms with Gasteiger partial charge in [-0.25, -0.2) is 0 Å². The van der Waals surface area contributed by atoms with Gasteiger partial charge in [-0.3, -0.25) is 14.5 Å². The highest BCUT2D eigenvalue weighted by Crippen LogP contribution is 2.38. The molecule has 0 saturated heterocycles. The van der Waals surface area contributed by atoms with Gasteiger partial charge in [-0.2, -0.15) is 0 Å². The smallest absolute Gasteiger partial charge is 0.192 e. The Morgan fingerprint density at radius 3 is 2.88 bits per heavy atom. The Hall–Kier alpha value is -3.06. The van der Waals surface area contributed by atoms with E-state index in [1.54, 1.807) is 0 Å². The lowest BCUT2D eigenvalue weighted by Crippen LogP contribution is -2.24. The maximum absolute atomic E-state index is 12.5. The molecule has 128 valence electrons. The van der Waals surface area contributed by atoms with Gasteiger partial charge >= 0.3 is 0 Å². The van der Waals surface area contributed by atoms with Crippen LogP contribution in [0.25, 0.3) is 0 Å². The zero-order valence-corrected chi connectivity index (χ0v) is 13.8. The summed E-state index contributed by atoms with van der Waals surface area (Å²) in [5, 5.41) is 6.41. The van der Waals surface area contributed by atoms with Crippen molar-refractivity contribution in [2.75, 3.05) is 17.8 Å². The second-order valence-electron chi connectivity index (χ2n) is 6.02. The summed E-state index contributed by atoms with van der Waals surface area (Å²) in [6, 6.07) is 9.42. The predicted octanol–water partition coefficient (Wildman–Crippen LogP) is 2.23. The number of hydrogen-bond acceptors (Lipinski definition) is 6. The minimum Gasteiger partial charge on any atom is -0.367 e. The van der Waals surface area contributed by atoms with Gasteiger partial charge in [-0.05, 0) is 25.1 Å². The Balaban J connectivity index is 1.88. The number of benzene rings is 1. The number of aliphatic imine (C=N–C) groups is 1. The fourth-order valence-electron chi connectivity index (χ4n) is 3.20. The van der Waals surface area contributed by atoms with Crippen molar-refractivity contribution in [1.29, 1.82) is 0 Å². The minimum absolute atomic E-state index is 0.0598. The van der Waals surface area contributed by atoms with Crippen LogP contribution in [-0.4, -0.2) is 22.9 Å². The zero-order chi connectivity index (χ0) is 17.4. The Morgan fingerprint density at radius 2 is 2.12 bits per heavy atom. The Bertz CT molecular complexity index is 883. The molecule has 0 radical (unpaired) electrons. The number of para-hydroxylation sites is 1. The summed E-state index contributed by atoms with van der Waals surface area (Å²) >= 11 is 0. The topological polar surface area (TPSA) is 93.7 Å². The van der Waals surface area contributed by atoms with Crippen molar-refractivity contribution in [3.8, 4) is 0 Å². The molecule has 0 aliphatic carbocycles. The second-order valence-corrected chi connectivity index (χ2v) is 6.02. The first-order valence-electron chi connectivity index (χ1n) is 8.08. The number of Topliss-reactive ketones (excluding diaryl/α,β-unsaturated/α-hetero) is 1.